The van der Waals surface area contributed by atoms with Gasteiger partial charge >= 0.3 is 0 Å². The average Bonchev–Trinajstić information content (AvgIpc) is 2.78. The zero-order valence-corrected chi connectivity index (χ0v) is 17.9. The van der Waals surface area contributed by atoms with Crippen LogP contribution < -0.4 is 15.0 Å². The number of carbonyl (C=O) groups excluding carboxylic acids is 2. The van der Waals surface area contributed by atoms with Crippen molar-refractivity contribution in [2.75, 3.05) is 38.2 Å². The predicted octanol–water partition coefficient (Wildman–Crippen LogP) is 3.22. The van der Waals surface area contributed by atoms with Crippen LogP contribution in [-0.4, -0.2) is 56.0 Å². The van der Waals surface area contributed by atoms with Crippen molar-refractivity contribution in [1.82, 2.24) is 10.2 Å². The first kappa shape index (κ1) is 21.7. The first-order valence-electron chi connectivity index (χ1n) is 9.89. The number of anilines is 1. The van der Waals surface area contributed by atoms with E-state index < -0.39 is 6.04 Å². The Morgan fingerprint density at radius 3 is 2.37 bits per heavy atom. The minimum absolute atomic E-state index is 0.0833. The van der Waals surface area contributed by atoms with Crippen LogP contribution in [0.4, 0.5) is 5.69 Å². The lowest BCUT2D eigenvalue weighted by Gasteiger charge is -2.37. The summed E-state index contributed by atoms with van der Waals surface area (Å²) in [6.45, 7) is 4.29. The molecule has 1 atom stereocenters. The Morgan fingerprint density at radius 2 is 1.73 bits per heavy atom. The van der Waals surface area contributed by atoms with Crippen molar-refractivity contribution >= 4 is 35.2 Å². The van der Waals surface area contributed by atoms with E-state index in [4.69, 9.17) is 16.3 Å². The molecule has 0 radical (unpaired) electrons. The maximum absolute atomic E-state index is 12.7. The first-order valence-corrected chi connectivity index (χ1v) is 10.3. The van der Waals surface area contributed by atoms with Crippen LogP contribution in [0.1, 0.15) is 12.5 Å². The van der Waals surface area contributed by atoms with Crippen molar-refractivity contribution in [3.05, 3.63) is 65.2 Å². The van der Waals surface area contributed by atoms with Crippen molar-refractivity contribution < 1.29 is 14.3 Å². The van der Waals surface area contributed by atoms with Gasteiger partial charge < -0.3 is 19.9 Å². The maximum Gasteiger partial charge on any atom is 0.244 e. The highest BCUT2D eigenvalue weighted by molar-refractivity contribution is 6.33. The van der Waals surface area contributed by atoms with Gasteiger partial charge in [-0.25, -0.2) is 0 Å². The van der Waals surface area contributed by atoms with Gasteiger partial charge in [0.15, 0.2) is 0 Å². The summed E-state index contributed by atoms with van der Waals surface area (Å²) in [7, 11) is 1.60. The topological polar surface area (TPSA) is 61.9 Å². The molecule has 1 saturated heterocycles. The van der Waals surface area contributed by atoms with Gasteiger partial charge in [0.2, 0.25) is 11.8 Å². The lowest BCUT2D eigenvalue weighted by Crippen LogP contribution is -2.54. The van der Waals surface area contributed by atoms with E-state index in [1.165, 1.54) is 6.08 Å². The third-order valence-corrected chi connectivity index (χ3v) is 5.38. The molecule has 1 aliphatic heterocycles. The summed E-state index contributed by atoms with van der Waals surface area (Å²) in [5.74, 6) is 0.367. The van der Waals surface area contributed by atoms with Crippen LogP contribution in [0.3, 0.4) is 0 Å². The number of halogens is 1. The number of rotatable bonds is 6. The van der Waals surface area contributed by atoms with E-state index in [0.29, 0.717) is 31.2 Å². The molecule has 1 fully saturated rings. The smallest absolute Gasteiger partial charge is 0.244 e. The van der Waals surface area contributed by atoms with E-state index in [-0.39, 0.29) is 11.8 Å². The van der Waals surface area contributed by atoms with E-state index in [1.807, 2.05) is 48.5 Å². The fraction of sp³-hybridized carbons (Fsp3) is 0.304. The van der Waals surface area contributed by atoms with Gasteiger partial charge in [0.1, 0.15) is 11.8 Å². The fourth-order valence-electron chi connectivity index (χ4n) is 3.36. The summed E-state index contributed by atoms with van der Waals surface area (Å²) in [5.41, 5.74) is 1.86. The summed E-state index contributed by atoms with van der Waals surface area (Å²) in [4.78, 5) is 28.9. The predicted molar refractivity (Wildman–Crippen MR) is 120 cm³/mol. The van der Waals surface area contributed by atoms with E-state index >= 15 is 0 Å². The number of hydrogen-bond donors (Lipinski definition) is 1. The quantitative estimate of drug-likeness (QED) is 0.719. The first-order chi connectivity index (χ1) is 14.5. The normalized spacial score (nSPS) is 15.2. The SMILES string of the molecule is COc1ccc(/C=C/C(=O)NC(C)C(=O)N2CCN(c3ccccc3Cl)CC2)cc1. The molecule has 0 saturated carbocycles. The summed E-state index contributed by atoms with van der Waals surface area (Å²) in [5, 5.41) is 3.46. The standard InChI is InChI=1S/C23H26ClN3O3/c1-17(25-22(28)12-9-18-7-10-19(30-2)11-8-18)23(29)27-15-13-26(14-16-27)21-6-4-3-5-20(21)24/h3-12,17H,13-16H2,1-2H3,(H,25,28)/b12-9+. The van der Waals surface area contributed by atoms with Gasteiger partial charge in [0.25, 0.3) is 0 Å². The van der Waals surface area contributed by atoms with Gasteiger partial charge in [0.05, 0.1) is 17.8 Å². The van der Waals surface area contributed by atoms with Crippen molar-refractivity contribution in [1.29, 1.82) is 0 Å². The number of benzene rings is 2. The number of hydrogen-bond acceptors (Lipinski definition) is 4. The monoisotopic (exact) mass is 427 g/mol. The highest BCUT2D eigenvalue weighted by Gasteiger charge is 2.26. The molecule has 0 bridgehead atoms. The molecule has 2 amide bonds. The molecule has 2 aromatic carbocycles. The van der Waals surface area contributed by atoms with Gasteiger partial charge in [-0.2, -0.15) is 0 Å². The van der Waals surface area contributed by atoms with E-state index in [1.54, 1.807) is 25.0 Å². The highest BCUT2D eigenvalue weighted by atomic mass is 35.5. The molecule has 1 heterocycles. The third-order valence-electron chi connectivity index (χ3n) is 5.06. The number of piperazine rings is 1. The summed E-state index contributed by atoms with van der Waals surface area (Å²) in [6, 6.07) is 14.5. The van der Waals surface area contributed by atoms with E-state index in [9.17, 15) is 9.59 Å². The Hall–Kier alpha value is -2.99. The molecular formula is C23H26ClN3O3. The minimum Gasteiger partial charge on any atom is -0.497 e. The number of para-hydroxylation sites is 1. The molecule has 0 aliphatic carbocycles. The van der Waals surface area contributed by atoms with Crippen LogP contribution in [0.15, 0.2) is 54.6 Å². The van der Waals surface area contributed by atoms with Crippen molar-refractivity contribution in [3.8, 4) is 5.75 Å². The van der Waals surface area contributed by atoms with Crippen LogP contribution in [0.2, 0.25) is 5.02 Å². The Morgan fingerprint density at radius 1 is 1.07 bits per heavy atom. The highest BCUT2D eigenvalue weighted by Crippen LogP contribution is 2.26. The van der Waals surface area contributed by atoms with Crippen LogP contribution in [0, 0.1) is 0 Å². The summed E-state index contributed by atoms with van der Waals surface area (Å²) < 4.78 is 5.11. The second-order valence-corrected chi connectivity index (χ2v) is 7.51. The van der Waals surface area contributed by atoms with Gasteiger partial charge in [-0.05, 0) is 42.8 Å². The van der Waals surface area contributed by atoms with Crippen LogP contribution in [-0.2, 0) is 9.59 Å². The number of amides is 2. The molecule has 1 unspecified atom stereocenters. The molecule has 7 heteroatoms. The molecule has 2 aromatic rings. The van der Waals surface area contributed by atoms with E-state index in [2.05, 4.69) is 10.2 Å². The molecule has 0 spiro atoms. The molecule has 1 N–H and O–H groups in total. The molecule has 158 valence electrons. The Bertz CT molecular complexity index is 906. The molecule has 1 aliphatic rings. The lowest BCUT2D eigenvalue weighted by molar-refractivity contribution is -0.135. The fourth-order valence-corrected chi connectivity index (χ4v) is 3.62. The number of nitrogens with zero attached hydrogens (tertiary/aromatic N) is 2. The molecule has 6 nitrogen and oxygen atoms in total. The Balaban J connectivity index is 1.49. The summed E-state index contributed by atoms with van der Waals surface area (Å²) >= 11 is 6.27. The zero-order chi connectivity index (χ0) is 21.5. The zero-order valence-electron chi connectivity index (χ0n) is 17.2. The van der Waals surface area contributed by atoms with Gasteiger partial charge in [-0.15, -0.1) is 0 Å². The van der Waals surface area contributed by atoms with Gasteiger partial charge in [-0.3, -0.25) is 9.59 Å². The molecule has 30 heavy (non-hydrogen) atoms. The van der Waals surface area contributed by atoms with Crippen molar-refractivity contribution in [3.63, 3.8) is 0 Å². The van der Waals surface area contributed by atoms with Gasteiger partial charge in [0, 0.05) is 32.3 Å². The molecule has 0 aromatic heterocycles. The number of nitrogens with one attached hydrogen (secondary N) is 1. The number of methoxy groups -OCH3 is 1. The Labute approximate surface area is 182 Å². The van der Waals surface area contributed by atoms with Crippen LogP contribution in [0.25, 0.3) is 6.08 Å². The number of carbonyl (C=O) groups is 2. The summed E-state index contributed by atoms with van der Waals surface area (Å²) in [6.07, 6.45) is 3.13. The maximum atomic E-state index is 12.7. The van der Waals surface area contributed by atoms with E-state index in [0.717, 1.165) is 17.0 Å². The van der Waals surface area contributed by atoms with Crippen molar-refractivity contribution in [2.24, 2.45) is 0 Å². The minimum atomic E-state index is -0.593. The lowest BCUT2D eigenvalue weighted by atomic mass is 10.2. The molecular weight excluding hydrogens is 402 g/mol. The average molecular weight is 428 g/mol. The van der Waals surface area contributed by atoms with Crippen molar-refractivity contribution in [2.45, 2.75) is 13.0 Å². The largest absolute Gasteiger partial charge is 0.497 e. The Kier molecular flexibility index (Phi) is 7.36. The van der Waals surface area contributed by atoms with Crippen LogP contribution >= 0.6 is 11.6 Å². The third kappa shape index (κ3) is 5.54. The van der Waals surface area contributed by atoms with Gasteiger partial charge in [-0.1, -0.05) is 35.9 Å². The van der Waals surface area contributed by atoms with Crippen LogP contribution in [0.5, 0.6) is 5.75 Å². The second-order valence-electron chi connectivity index (χ2n) is 7.10. The number of ether oxygens (including phenoxy) is 1. The molecule has 3 rings (SSSR count). The second kappa shape index (κ2) is 10.2.